The van der Waals surface area contributed by atoms with E-state index < -0.39 is 50.1 Å². The van der Waals surface area contributed by atoms with Crippen LogP contribution in [0.2, 0.25) is 0 Å². The molecule has 0 rings (SSSR count). The zero-order chi connectivity index (χ0) is 15.7. The Morgan fingerprint density at radius 2 is 0.708 bits per heavy atom. The van der Waals surface area contributed by atoms with Crippen molar-refractivity contribution in [2.75, 3.05) is 39.3 Å². The standard InChI is InChI=1S/C10H16N2O8.2K.2H2O.2H/c13-7(14)3-11(4-8(15)16)1-2-12(5-9(17)18)6-10(19)20;;;;;;/h1-6H2,(H,13,14)(H,15,16)(H,17,18)(H,19,20);;;2*1H2;;. The fraction of sp³-hybridized carbons (Fsp3) is 0.600. The molecule has 12 nitrogen and oxygen atoms in total. The van der Waals surface area contributed by atoms with E-state index in [0.717, 1.165) is 9.80 Å². The monoisotopic (exact) mass is 408 g/mol. The van der Waals surface area contributed by atoms with Crippen LogP contribution in [0.25, 0.3) is 0 Å². The summed E-state index contributed by atoms with van der Waals surface area (Å²) >= 11 is 0. The van der Waals surface area contributed by atoms with E-state index >= 15 is 0 Å². The van der Waals surface area contributed by atoms with Gasteiger partial charge in [0.1, 0.15) is 0 Å². The van der Waals surface area contributed by atoms with E-state index in [1.807, 2.05) is 0 Å². The van der Waals surface area contributed by atoms with Crippen LogP contribution in [-0.2, 0) is 19.2 Å². The normalized spacial score (nSPS) is 8.92. The molecule has 0 radical (unpaired) electrons. The van der Waals surface area contributed by atoms with Gasteiger partial charge in [0, 0.05) is 13.1 Å². The molecule has 0 saturated carbocycles. The van der Waals surface area contributed by atoms with Crippen LogP contribution < -0.4 is 0 Å². The maximum atomic E-state index is 10.6. The zero-order valence-electron chi connectivity index (χ0n) is 11.6. The van der Waals surface area contributed by atoms with Gasteiger partial charge >= 0.3 is 127 Å². The summed E-state index contributed by atoms with van der Waals surface area (Å²) in [6.07, 6.45) is 0. The molecule has 0 aromatic carbocycles. The molecular weight excluding hydrogens is 386 g/mol. The molecule has 0 aromatic heterocycles. The molecule has 0 fully saturated rings. The summed E-state index contributed by atoms with van der Waals surface area (Å²) in [5.74, 6) is -4.91. The van der Waals surface area contributed by atoms with Crippen LogP contribution in [0.5, 0.6) is 0 Å². The van der Waals surface area contributed by atoms with Gasteiger partial charge in [-0.05, 0) is 0 Å². The Labute approximate surface area is 222 Å². The molecule has 0 heterocycles. The molecule has 0 aliphatic carbocycles. The van der Waals surface area contributed by atoms with Gasteiger partial charge in [0.25, 0.3) is 0 Å². The summed E-state index contributed by atoms with van der Waals surface area (Å²) in [4.78, 5) is 44.4. The van der Waals surface area contributed by atoms with Crippen LogP contribution in [0.1, 0.15) is 0 Å². The number of nitrogens with zero attached hydrogens (tertiary/aromatic N) is 2. The second kappa shape index (κ2) is 20.3. The summed E-state index contributed by atoms with van der Waals surface area (Å²) < 4.78 is 0. The Kier molecular flexibility index (Phi) is 30.5. The van der Waals surface area contributed by atoms with Crippen LogP contribution in [-0.4, -0.2) is 207 Å². The van der Waals surface area contributed by atoms with Crippen LogP contribution >= 0.6 is 0 Å². The zero-order valence-corrected chi connectivity index (χ0v) is 11.6. The Morgan fingerprint density at radius 3 is 0.833 bits per heavy atom. The molecule has 0 aliphatic heterocycles. The Morgan fingerprint density at radius 1 is 0.542 bits per heavy atom. The molecule has 0 aliphatic rings. The third-order valence-corrected chi connectivity index (χ3v) is 2.17. The summed E-state index contributed by atoms with van der Waals surface area (Å²) in [6.45, 7) is -2.25. The first-order valence-electron chi connectivity index (χ1n) is 5.52. The van der Waals surface area contributed by atoms with Gasteiger partial charge in [-0.3, -0.25) is 29.0 Å². The molecule has 0 aromatic rings. The van der Waals surface area contributed by atoms with E-state index in [-0.39, 0.29) is 127 Å². The third kappa shape index (κ3) is 23.0. The van der Waals surface area contributed by atoms with Crippen LogP contribution in [0.4, 0.5) is 0 Å². The first-order valence-corrected chi connectivity index (χ1v) is 5.52. The van der Waals surface area contributed by atoms with Gasteiger partial charge in [0.15, 0.2) is 0 Å². The van der Waals surface area contributed by atoms with E-state index in [9.17, 15) is 19.2 Å². The Bertz CT molecular complexity index is 328. The van der Waals surface area contributed by atoms with Gasteiger partial charge < -0.3 is 31.4 Å². The molecule has 134 valence electrons. The molecule has 0 saturated heterocycles. The van der Waals surface area contributed by atoms with Gasteiger partial charge in [0.2, 0.25) is 0 Å². The minimum atomic E-state index is -1.23. The second-order valence-electron chi connectivity index (χ2n) is 4.00. The van der Waals surface area contributed by atoms with Crippen molar-refractivity contribution in [1.29, 1.82) is 0 Å². The number of hydrogen-bond donors (Lipinski definition) is 4. The number of aliphatic carboxylic acids is 4. The number of rotatable bonds is 11. The number of carbonyl (C=O) groups is 4. The van der Waals surface area contributed by atoms with Crippen molar-refractivity contribution < 1.29 is 50.6 Å². The second-order valence-corrected chi connectivity index (χ2v) is 4.00. The van der Waals surface area contributed by atoms with Crippen LogP contribution in [0.3, 0.4) is 0 Å². The van der Waals surface area contributed by atoms with Crippen molar-refractivity contribution in [3.8, 4) is 0 Å². The average Bonchev–Trinajstić information content (AvgIpc) is 2.22. The Hall–Kier alpha value is 0.993. The van der Waals surface area contributed by atoms with Crippen LogP contribution in [0, 0.1) is 0 Å². The van der Waals surface area contributed by atoms with Crippen molar-refractivity contribution in [2.24, 2.45) is 0 Å². The quantitative estimate of drug-likeness (QED) is 0.238. The Balaban J connectivity index is -0.000000301. The molecular formula is C10H22K2N2O10. The minimum absolute atomic E-state index is 0. The van der Waals surface area contributed by atoms with Crippen molar-refractivity contribution in [3.05, 3.63) is 0 Å². The van der Waals surface area contributed by atoms with E-state index in [2.05, 4.69) is 0 Å². The molecule has 0 spiro atoms. The summed E-state index contributed by atoms with van der Waals surface area (Å²) in [5, 5.41) is 34.5. The molecule has 14 heteroatoms. The van der Waals surface area contributed by atoms with Crippen molar-refractivity contribution in [2.45, 2.75) is 0 Å². The topological polar surface area (TPSA) is 219 Å². The van der Waals surface area contributed by atoms with Crippen molar-refractivity contribution in [3.63, 3.8) is 0 Å². The van der Waals surface area contributed by atoms with Gasteiger partial charge in [-0.25, -0.2) is 0 Å². The van der Waals surface area contributed by atoms with Gasteiger partial charge in [-0.1, -0.05) is 0 Å². The third-order valence-electron chi connectivity index (χ3n) is 2.17. The average molecular weight is 408 g/mol. The van der Waals surface area contributed by atoms with E-state index in [1.165, 1.54) is 0 Å². The molecule has 0 atom stereocenters. The fourth-order valence-corrected chi connectivity index (χ4v) is 1.48. The van der Waals surface area contributed by atoms with Gasteiger partial charge in [0.05, 0.1) is 26.2 Å². The van der Waals surface area contributed by atoms with Gasteiger partial charge in [-0.2, -0.15) is 0 Å². The van der Waals surface area contributed by atoms with Crippen LogP contribution in [0.15, 0.2) is 0 Å². The predicted octanol–water partition coefficient (Wildman–Crippen LogP) is -5.02. The molecule has 0 amide bonds. The summed E-state index contributed by atoms with van der Waals surface area (Å²) in [7, 11) is 0. The van der Waals surface area contributed by atoms with E-state index in [4.69, 9.17) is 20.4 Å². The molecule has 24 heavy (non-hydrogen) atoms. The SMILES string of the molecule is O.O.O=C(O)CN(CCN(CC(=O)O)CC(=O)O)CC(=O)O.[KH].[KH]. The van der Waals surface area contributed by atoms with Crippen molar-refractivity contribution >= 4 is 127 Å². The van der Waals surface area contributed by atoms with E-state index in [0.29, 0.717) is 0 Å². The molecule has 0 bridgehead atoms. The van der Waals surface area contributed by atoms with Gasteiger partial charge in [-0.15, -0.1) is 0 Å². The predicted molar refractivity (Wildman–Crippen MR) is 84.9 cm³/mol. The number of hydrogen-bond acceptors (Lipinski definition) is 6. The number of carboxylic acids is 4. The number of carboxylic acid groups (broad SMARTS) is 4. The summed E-state index contributed by atoms with van der Waals surface area (Å²) in [6, 6.07) is 0. The fourth-order valence-electron chi connectivity index (χ4n) is 1.48. The van der Waals surface area contributed by atoms with E-state index in [1.54, 1.807) is 0 Å². The first-order chi connectivity index (χ1) is 9.20. The molecule has 8 N–H and O–H groups in total. The molecule has 0 unspecified atom stereocenters. The first kappa shape index (κ1) is 36.0. The maximum absolute atomic E-state index is 10.6. The van der Waals surface area contributed by atoms with Crippen molar-refractivity contribution in [1.82, 2.24) is 9.80 Å². The summed E-state index contributed by atoms with van der Waals surface area (Å²) in [5.41, 5.74) is 0.